The van der Waals surface area contributed by atoms with Crippen LogP contribution in [0, 0.1) is 17.7 Å². The molecule has 1 aromatic carbocycles. The van der Waals surface area contributed by atoms with E-state index in [2.05, 4.69) is 26.1 Å². The van der Waals surface area contributed by atoms with Gasteiger partial charge in [0.2, 0.25) is 0 Å². The van der Waals surface area contributed by atoms with E-state index in [9.17, 15) is 4.39 Å². The van der Waals surface area contributed by atoms with E-state index in [1.165, 1.54) is 12.8 Å². The Labute approximate surface area is 133 Å². The first kappa shape index (κ1) is 16.8. The van der Waals surface area contributed by atoms with Crippen LogP contribution < -0.4 is 5.32 Å². The Morgan fingerprint density at radius 3 is 2.71 bits per heavy atom. The van der Waals surface area contributed by atoms with Crippen LogP contribution in [0.4, 0.5) is 4.39 Å². The predicted molar refractivity (Wildman–Crippen MR) is 88.4 cm³/mol. The van der Waals surface area contributed by atoms with E-state index in [-0.39, 0.29) is 16.3 Å². The molecule has 0 spiro atoms. The zero-order valence-corrected chi connectivity index (χ0v) is 14.1. The summed E-state index contributed by atoms with van der Waals surface area (Å²) in [7, 11) is 0. The van der Waals surface area contributed by atoms with Gasteiger partial charge in [0.25, 0.3) is 0 Å². The summed E-state index contributed by atoms with van der Waals surface area (Å²) in [6, 6.07) is 5.43. The fourth-order valence-corrected chi connectivity index (χ4v) is 3.81. The molecule has 3 heteroatoms. The second kappa shape index (κ2) is 7.11. The first-order valence-electron chi connectivity index (χ1n) is 8.13. The molecule has 0 saturated heterocycles. The van der Waals surface area contributed by atoms with Crippen molar-refractivity contribution in [3.63, 3.8) is 0 Å². The van der Waals surface area contributed by atoms with Crippen LogP contribution in [-0.4, -0.2) is 13.1 Å². The molecule has 1 nitrogen and oxygen atoms in total. The second-order valence-electron chi connectivity index (χ2n) is 6.97. The fraction of sp³-hybridized carbons (Fsp3) is 0.667. The number of hydrogen-bond acceptors (Lipinski definition) is 1. The number of hydrogen-bond donors (Lipinski definition) is 1. The van der Waals surface area contributed by atoms with Gasteiger partial charge in [-0.3, -0.25) is 0 Å². The normalized spacial score (nSPS) is 25.1. The summed E-state index contributed by atoms with van der Waals surface area (Å²) in [6.07, 6.45) is 4.60. The van der Waals surface area contributed by atoms with Gasteiger partial charge in [0, 0.05) is 12.0 Å². The quantitative estimate of drug-likeness (QED) is 0.732. The summed E-state index contributed by atoms with van der Waals surface area (Å²) in [5.74, 6) is 1.12. The maximum atomic E-state index is 14.5. The molecule has 0 aromatic heterocycles. The third-order valence-corrected chi connectivity index (χ3v) is 4.89. The van der Waals surface area contributed by atoms with Crippen molar-refractivity contribution in [1.29, 1.82) is 0 Å². The fourth-order valence-electron chi connectivity index (χ4n) is 3.63. The summed E-state index contributed by atoms with van der Waals surface area (Å²) in [5, 5.41) is 3.77. The summed E-state index contributed by atoms with van der Waals surface area (Å²) in [5.41, 5.74) is 0.739. The number of rotatable bonds is 7. The van der Waals surface area contributed by atoms with Gasteiger partial charge < -0.3 is 5.32 Å². The lowest BCUT2D eigenvalue weighted by Crippen LogP contribution is -2.49. The lowest BCUT2D eigenvalue weighted by atomic mass is 9.57. The summed E-state index contributed by atoms with van der Waals surface area (Å²) in [4.78, 5) is 0. The molecule has 0 radical (unpaired) electrons. The number of halogens is 2. The molecule has 0 amide bonds. The van der Waals surface area contributed by atoms with E-state index >= 15 is 0 Å². The maximum Gasteiger partial charge on any atom is 0.145 e. The molecule has 1 aliphatic carbocycles. The minimum atomic E-state index is -0.222. The van der Waals surface area contributed by atoms with E-state index in [4.69, 9.17) is 11.6 Å². The van der Waals surface area contributed by atoms with Crippen LogP contribution in [-0.2, 0) is 5.41 Å². The van der Waals surface area contributed by atoms with E-state index in [0.29, 0.717) is 5.92 Å². The molecule has 21 heavy (non-hydrogen) atoms. The van der Waals surface area contributed by atoms with E-state index in [1.54, 1.807) is 6.07 Å². The van der Waals surface area contributed by atoms with Crippen LogP contribution in [0.3, 0.4) is 0 Å². The standard InChI is InChI=1S/C18H27ClFN/c1-4-6-14-9-18(10-14,12-21-11-13(2)3)15-7-5-8-16(19)17(15)20/h5,7-8,13-14,21H,4,6,9-12H2,1-3H3. The molecular weight excluding hydrogens is 285 g/mol. The molecule has 0 bridgehead atoms. The largest absolute Gasteiger partial charge is 0.316 e. The van der Waals surface area contributed by atoms with Crippen LogP contribution in [0.2, 0.25) is 5.02 Å². The molecule has 1 N–H and O–H groups in total. The zero-order valence-electron chi connectivity index (χ0n) is 13.4. The van der Waals surface area contributed by atoms with Gasteiger partial charge >= 0.3 is 0 Å². The topological polar surface area (TPSA) is 12.0 Å². The molecule has 1 aliphatic rings. The monoisotopic (exact) mass is 311 g/mol. The molecule has 0 aliphatic heterocycles. The van der Waals surface area contributed by atoms with Crippen molar-refractivity contribution in [3.05, 3.63) is 34.6 Å². The minimum Gasteiger partial charge on any atom is -0.316 e. The van der Waals surface area contributed by atoms with Crippen LogP contribution >= 0.6 is 11.6 Å². The van der Waals surface area contributed by atoms with Crippen molar-refractivity contribution in [3.8, 4) is 0 Å². The first-order chi connectivity index (χ1) is 9.98. The Bertz CT molecular complexity index is 466. The van der Waals surface area contributed by atoms with Crippen molar-refractivity contribution in [1.82, 2.24) is 5.32 Å². The molecule has 1 fully saturated rings. The summed E-state index contributed by atoms with van der Waals surface area (Å²) in [6.45, 7) is 8.43. The Balaban J connectivity index is 2.15. The minimum absolute atomic E-state index is 0.0658. The van der Waals surface area contributed by atoms with Gasteiger partial charge in [-0.1, -0.05) is 57.3 Å². The van der Waals surface area contributed by atoms with Gasteiger partial charge in [-0.15, -0.1) is 0 Å². The third-order valence-electron chi connectivity index (χ3n) is 4.59. The Hall–Kier alpha value is -0.600. The van der Waals surface area contributed by atoms with E-state index < -0.39 is 0 Å². The van der Waals surface area contributed by atoms with Crippen LogP contribution in [0.15, 0.2) is 18.2 Å². The highest BCUT2D eigenvalue weighted by molar-refractivity contribution is 6.30. The van der Waals surface area contributed by atoms with Crippen LogP contribution in [0.5, 0.6) is 0 Å². The lowest BCUT2D eigenvalue weighted by Gasteiger charge is -2.49. The molecule has 1 saturated carbocycles. The molecular formula is C18H27ClFN. The highest BCUT2D eigenvalue weighted by Crippen LogP contribution is 2.50. The second-order valence-corrected chi connectivity index (χ2v) is 7.38. The number of benzene rings is 1. The summed E-state index contributed by atoms with van der Waals surface area (Å²) >= 11 is 5.99. The number of nitrogens with one attached hydrogen (secondary N) is 1. The summed E-state index contributed by atoms with van der Waals surface area (Å²) < 4.78 is 14.5. The van der Waals surface area contributed by atoms with Gasteiger partial charge in [0.15, 0.2) is 0 Å². The van der Waals surface area contributed by atoms with Gasteiger partial charge in [-0.05, 0) is 42.9 Å². The molecule has 1 aromatic rings. The zero-order chi connectivity index (χ0) is 15.5. The highest BCUT2D eigenvalue weighted by atomic mass is 35.5. The third kappa shape index (κ3) is 3.78. The molecule has 0 atom stereocenters. The Kier molecular flexibility index (Phi) is 5.67. The van der Waals surface area contributed by atoms with Crippen LogP contribution in [0.1, 0.15) is 52.0 Å². The smallest absolute Gasteiger partial charge is 0.145 e. The van der Waals surface area contributed by atoms with Gasteiger partial charge in [-0.2, -0.15) is 0 Å². The highest BCUT2D eigenvalue weighted by Gasteiger charge is 2.46. The first-order valence-corrected chi connectivity index (χ1v) is 8.51. The maximum absolute atomic E-state index is 14.5. The van der Waals surface area contributed by atoms with E-state index in [1.807, 2.05) is 12.1 Å². The van der Waals surface area contributed by atoms with Crippen molar-refractivity contribution in [2.45, 2.75) is 51.9 Å². The SMILES string of the molecule is CCCC1CC(CNCC(C)C)(c2cccc(Cl)c2F)C1. The predicted octanol–water partition coefficient (Wildman–Crippen LogP) is 5.17. The van der Waals surface area contributed by atoms with Crippen molar-refractivity contribution in [2.24, 2.45) is 11.8 Å². The molecule has 118 valence electrons. The van der Waals surface area contributed by atoms with Crippen molar-refractivity contribution < 1.29 is 4.39 Å². The Morgan fingerprint density at radius 2 is 2.10 bits per heavy atom. The van der Waals surface area contributed by atoms with Crippen molar-refractivity contribution >= 4 is 11.6 Å². The average Bonchev–Trinajstić information content (AvgIpc) is 2.38. The van der Waals surface area contributed by atoms with Gasteiger partial charge in [0.1, 0.15) is 5.82 Å². The van der Waals surface area contributed by atoms with Crippen LogP contribution in [0.25, 0.3) is 0 Å². The lowest BCUT2D eigenvalue weighted by molar-refractivity contribution is 0.124. The van der Waals surface area contributed by atoms with Crippen molar-refractivity contribution in [2.75, 3.05) is 13.1 Å². The van der Waals surface area contributed by atoms with Gasteiger partial charge in [-0.25, -0.2) is 4.39 Å². The average molecular weight is 312 g/mol. The molecule has 0 heterocycles. The molecule has 0 unspecified atom stereocenters. The van der Waals surface area contributed by atoms with Gasteiger partial charge in [0.05, 0.1) is 5.02 Å². The molecule has 2 rings (SSSR count). The van der Waals surface area contributed by atoms with E-state index in [0.717, 1.165) is 37.4 Å². The Morgan fingerprint density at radius 1 is 1.38 bits per heavy atom.